The van der Waals surface area contributed by atoms with E-state index in [9.17, 15) is 22.8 Å². The predicted octanol–water partition coefficient (Wildman–Crippen LogP) is 4.73. The van der Waals surface area contributed by atoms with E-state index in [0.29, 0.717) is 29.8 Å². The molecular formula is C20H16F3NO2. The van der Waals surface area contributed by atoms with Crippen LogP contribution >= 0.6 is 0 Å². The molecule has 0 atom stereocenters. The molecule has 0 aliphatic carbocycles. The molecule has 0 bridgehead atoms. The highest BCUT2D eigenvalue weighted by Crippen LogP contribution is 2.29. The van der Waals surface area contributed by atoms with Crippen LogP contribution in [0.15, 0.2) is 54.6 Å². The smallest absolute Gasteiger partial charge is 0.312 e. The summed E-state index contributed by atoms with van der Waals surface area (Å²) in [6.07, 6.45) is -0.300. The number of carbonyl (C=O) groups is 2. The van der Waals surface area contributed by atoms with E-state index in [-0.39, 0.29) is 11.7 Å². The van der Waals surface area contributed by atoms with E-state index in [1.54, 1.807) is 29.2 Å². The highest BCUT2D eigenvalue weighted by Gasteiger charge is 2.29. The molecule has 0 unspecified atom stereocenters. The van der Waals surface area contributed by atoms with Gasteiger partial charge in [-0.2, -0.15) is 13.2 Å². The van der Waals surface area contributed by atoms with E-state index in [1.807, 2.05) is 0 Å². The maximum Gasteiger partial charge on any atom is 0.416 e. The van der Waals surface area contributed by atoms with Gasteiger partial charge in [-0.3, -0.25) is 9.59 Å². The number of halogens is 3. The van der Waals surface area contributed by atoms with Crippen molar-refractivity contribution in [2.24, 2.45) is 0 Å². The van der Waals surface area contributed by atoms with Crippen molar-refractivity contribution in [1.82, 2.24) is 0 Å². The van der Waals surface area contributed by atoms with Crippen LogP contribution in [-0.4, -0.2) is 18.2 Å². The van der Waals surface area contributed by atoms with E-state index in [4.69, 9.17) is 0 Å². The Morgan fingerprint density at radius 2 is 1.81 bits per heavy atom. The molecule has 0 radical (unpaired) electrons. The first-order chi connectivity index (χ1) is 12.3. The van der Waals surface area contributed by atoms with Gasteiger partial charge in [0.05, 0.1) is 5.56 Å². The number of benzene rings is 2. The van der Waals surface area contributed by atoms with Crippen LogP contribution in [-0.2, 0) is 11.0 Å². The number of anilines is 1. The lowest BCUT2D eigenvalue weighted by Gasteiger charge is -2.16. The van der Waals surface area contributed by atoms with Crippen molar-refractivity contribution >= 4 is 23.5 Å². The van der Waals surface area contributed by atoms with Crippen LogP contribution in [0, 0.1) is 0 Å². The summed E-state index contributed by atoms with van der Waals surface area (Å²) in [7, 11) is 0. The average molecular weight is 359 g/mol. The second kappa shape index (κ2) is 7.15. The fourth-order valence-corrected chi connectivity index (χ4v) is 2.80. The first-order valence-corrected chi connectivity index (χ1v) is 8.15. The Morgan fingerprint density at radius 1 is 1.08 bits per heavy atom. The van der Waals surface area contributed by atoms with Crippen LogP contribution in [0.4, 0.5) is 18.9 Å². The molecule has 0 N–H and O–H groups in total. The number of amides is 1. The van der Waals surface area contributed by atoms with Crippen molar-refractivity contribution in [1.29, 1.82) is 0 Å². The second-order valence-electron chi connectivity index (χ2n) is 6.02. The number of nitrogens with zero attached hydrogens (tertiary/aromatic N) is 1. The van der Waals surface area contributed by atoms with E-state index in [0.717, 1.165) is 18.6 Å². The molecule has 2 aromatic carbocycles. The third kappa shape index (κ3) is 4.02. The van der Waals surface area contributed by atoms with Gasteiger partial charge in [-0.15, -0.1) is 0 Å². The van der Waals surface area contributed by atoms with Crippen LogP contribution < -0.4 is 4.90 Å². The van der Waals surface area contributed by atoms with Crippen molar-refractivity contribution in [3.05, 3.63) is 71.3 Å². The average Bonchev–Trinajstić information content (AvgIpc) is 3.05. The molecule has 0 aromatic heterocycles. The topological polar surface area (TPSA) is 37.4 Å². The predicted molar refractivity (Wildman–Crippen MR) is 92.8 cm³/mol. The van der Waals surface area contributed by atoms with E-state index >= 15 is 0 Å². The number of rotatable bonds is 4. The third-order valence-electron chi connectivity index (χ3n) is 4.18. The van der Waals surface area contributed by atoms with Gasteiger partial charge in [0.2, 0.25) is 5.91 Å². The molecule has 0 saturated carbocycles. The van der Waals surface area contributed by atoms with Crippen LogP contribution in [0.2, 0.25) is 0 Å². The number of hydrogen-bond donors (Lipinski definition) is 0. The van der Waals surface area contributed by atoms with Crippen LogP contribution in [0.5, 0.6) is 0 Å². The van der Waals surface area contributed by atoms with Gasteiger partial charge in [0, 0.05) is 24.2 Å². The summed E-state index contributed by atoms with van der Waals surface area (Å²) in [4.78, 5) is 25.8. The normalized spacial score (nSPS) is 15.0. The van der Waals surface area contributed by atoms with Crippen molar-refractivity contribution in [2.45, 2.75) is 19.0 Å². The van der Waals surface area contributed by atoms with Gasteiger partial charge in [-0.1, -0.05) is 30.3 Å². The van der Waals surface area contributed by atoms with Crippen molar-refractivity contribution in [2.75, 3.05) is 11.4 Å². The fraction of sp³-hybridized carbons (Fsp3) is 0.200. The minimum atomic E-state index is -4.38. The molecule has 3 rings (SSSR count). The monoisotopic (exact) mass is 359 g/mol. The Balaban J connectivity index is 1.73. The van der Waals surface area contributed by atoms with Gasteiger partial charge < -0.3 is 4.90 Å². The number of hydrogen-bond acceptors (Lipinski definition) is 2. The van der Waals surface area contributed by atoms with Gasteiger partial charge in [-0.25, -0.2) is 0 Å². The maximum atomic E-state index is 12.5. The highest BCUT2D eigenvalue weighted by molar-refractivity contribution is 6.08. The Bertz CT molecular complexity index is 854. The van der Waals surface area contributed by atoms with Crippen molar-refractivity contribution in [3.8, 4) is 0 Å². The van der Waals surface area contributed by atoms with Crippen LogP contribution in [0.25, 0.3) is 6.08 Å². The molecule has 0 spiro atoms. The minimum Gasteiger partial charge on any atom is -0.312 e. The molecular weight excluding hydrogens is 343 g/mol. The van der Waals surface area contributed by atoms with Gasteiger partial charge in [0.1, 0.15) is 0 Å². The summed E-state index contributed by atoms with van der Waals surface area (Å²) in [5, 5.41) is 0. The molecule has 134 valence electrons. The van der Waals surface area contributed by atoms with Gasteiger partial charge in [0.25, 0.3) is 0 Å². The van der Waals surface area contributed by atoms with Gasteiger partial charge in [-0.05, 0) is 42.3 Å². The van der Waals surface area contributed by atoms with E-state index in [2.05, 4.69) is 0 Å². The Kier molecular flexibility index (Phi) is 4.93. The largest absolute Gasteiger partial charge is 0.416 e. The zero-order valence-electron chi connectivity index (χ0n) is 13.8. The number of ketones is 1. The number of allylic oxidation sites excluding steroid dienone is 1. The molecule has 2 aromatic rings. The van der Waals surface area contributed by atoms with Crippen molar-refractivity contribution in [3.63, 3.8) is 0 Å². The molecule has 1 fully saturated rings. The molecule has 1 saturated heterocycles. The van der Waals surface area contributed by atoms with Gasteiger partial charge in [0.15, 0.2) is 5.78 Å². The summed E-state index contributed by atoms with van der Waals surface area (Å²) in [6.45, 7) is 0.637. The highest BCUT2D eigenvalue weighted by atomic mass is 19.4. The first-order valence-electron chi connectivity index (χ1n) is 8.15. The Morgan fingerprint density at radius 3 is 2.42 bits per heavy atom. The Hall–Kier alpha value is -2.89. The molecule has 6 heteroatoms. The maximum absolute atomic E-state index is 12.5. The quantitative estimate of drug-likeness (QED) is 0.585. The molecule has 3 nitrogen and oxygen atoms in total. The third-order valence-corrected chi connectivity index (χ3v) is 4.18. The van der Waals surface area contributed by atoms with E-state index < -0.39 is 11.7 Å². The van der Waals surface area contributed by atoms with Crippen LogP contribution in [0.3, 0.4) is 0 Å². The SMILES string of the molecule is O=C(C=Cc1ccc(C(F)(F)F)cc1)c1cccc(N2CCCC2=O)c1. The summed E-state index contributed by atoms with van der Waals surface area (Å²) in [6, 6.07) is 11.4. The summed E-state index contributed by atoms with van der Waals surface area (Å²) in [5.74, 6) is -0.242. The summed E-state index contributed by atoms with van der Waals surface area (Å²) < 4.78 is 37.6. The minimum absolute atomic E-state index is 0.0369. The molecule has 1 amide bonds. The van der Waals surface area contributed by atoms with Crippen LogP contribution in [0.1, 0.15) is 34.3 Å². The number of carbonyl (C=O) groups excluding carboxylic acids is 2. The summed E-state index contributed by atoms with van der Waals surface area (Å²) in [5.41, 5.74) is 0.868. The van der Waals surface area contributed by atoms with Gasteiger partial charge >= 0.3 is 6.18 Å². The molecule has 1 aliphatic rings. The Labute approximate surface area is 148 Å². The summed E-state index contributed by atoms with van der Waals surface area (Å²) >= 11 is 0. The lowest BCUT2D eigenvalue weighted by Crippen LogP contribution is -2.23. The zero-order chi connectivity index (χ0) is 18.7. The lowest BCUT2D eigenvalue weighted by molar-refractivity contribution is -0.137. The second-order valence-corrected chi connectivity index (χ2v) is 6.02. The van der Waals surface area contributed by atoms with Crippen molar-refractivity contribution < 1.29 is 22.8 Å². The standard InChI is InChI=1S/C20H16F3NO2/c21-20(22,23)16-9-6-14(7-10-16)8-11-18(25)15-3-1-4-17(13-15)24-12-2-5-19(24)26/h1,3-4,6-11,13H,2,5,12H2. The van der Waals surface area contributed by atoms with E-state index in [1.165, 1.54) is 24.3 Å². The fourth-order valence-electron chi connectivity index (χ4n) is 2.80. The zero-order valence-corrected chi connectivity index (χ0v) is 13.8. The molecule has 1 heterocycles. The first kappa shape index (κ1) is 17.9. The number of alkyl halides is 3. The molecule has 1 aliphatic heterocycles. The molecule has 26 heavy (non-hydrogen) atoms. The lowest BCUT2D eigenvalue weighted by atomic mass is 10.1.